The zero-order valence-electron chi connectivity index (χ0n) is 16.0. The van der Waals surface area contributed by atoms with Crippen molar-refractivity contribution in [2.24, 2.45) is 35.5 Å². The van der Waals surface area contributed by atoms with E-state index in [1.807, 2.05) is 0 Å². The standard InChI is InChI=1S/C20H34O4/c1-12(2)16-8-7-15(11-24-18(23)10-9-17(21)22)19(13(3)4)20(16)14(5)6/h7,12-14,16,19-20H,8-11H2,1-6H3,(H,21,22). The van der Waals surface area contributed by atoms with Gasteiger partial charge < -0.3 is 9.84 Å². The molecule has 1 N–H and O–H groups in total. The minimum Gasteiger partial charge on any atom is -0.481 e. The van der Waals surface area contributed by atoms with Gasteiger partial charge in [0.2, 0.25) is 0 Å². The quantitative estimate of drug-likeness (QED) is 0.521. The Morgan fingerprint density at radius 3 is 2.17 bits per heavy atom. The number of aliphatic carboxylic acids is 1. The molecule has 1 rings (SSSR count). The Labute approximate surface area is 146 Å². The lowest BCUT2D eigenvalue weighted by atomic mass is 9.61. The lowest BCUT2D eigenvalue weighted by molar-refractivity contribution is -0.147. The van der Waals surface area contributed by atoms with Gasteiger partial charge in [-0.25, -0.2) is 0 Å². The van der Waals surface area contributed by atoms with Crippen molar-refractivity contribution in [2.45, 2.75) is 60.8 Å². The van der Waals surface area contributed by atoms with Gasteiger partial charge in [0.15, 0.2) is 0 Å². The molecule has 0 bridgehead atoms. The molecule has 0 spiro atoms. The van der Waals surface area contributed by atoms with Crippen molar-refractivity contribution in [3.63, 3.8) is 0 Å². The monoisotopic (exact) mass is 338 g/mol. The predicted molar refractivity (Wildman–Crippen MR) is 95.5 cm³/mol. The van der Waals surface area contributed by atoms with Gasteiger partial charge in [-0.1, -0.05) is 47.6 Å². The minimum atomic E-state index is -0.969. The van der Waals surface area contributed by atoms with E-state index in [9.17, 15) is 9.59 Å². The number of hydrogen-bond donors (Lipinski definition) is 1. The molecule has 24 heavy (non-hydrogen) atoms. The van der Waals surface area contributed by atoms with E-state index < -0.39 is 11.9 Å². The molecule has 0 saturated carbocycles. The first-order valence-electron chi connectivity index (χ1n) is 9.21. The van der Waals surface area contributed by atoms with Gasteiger partial charge >= 0.3 is 11.9 Å². The fourth-order valence-corrected chi connectivity index (χ4v) is 4.19. The van der Waals surface area contributed by atoms with Gasteiger partial charge in [0.1, 0.15) is 6.61 Å². The number of carbonyl (C=O) groups excluding carboxylic acids is 1. The van der Waals surface area contributed by atoms with Gasteiger partial charge in [-0.15, -0.1) is 0 Å². The minimum absolute atomic E-state index is 0.0583. The van der Waals surface area contributed by atoms with Crippen LogP contribution < -0.4 is 0 Å². The second-order valence-corrected chi connectivity index (χ2v) is 8.07. The van der Waals surface area contributed by atoms with Crippen LogP contribution in [-0.2, 0) is 14.3 Å². The largest absolute Gasteiger partial charge is 0.481 e. The molecular weight excluding hydrogens is 304 g/mol. The molecule has 0 aromatic carbocycles. The highest BCUT2D eigenvalue weighted by Crippen LogP contribution is 2.46. The van der Waals surface area contributed by atoms with Crippen molar-refractivity contribution in [1.82, 2.24) is 0 Å². The number of ether oxygens (including phenoxy) is 1. The van der Waals surface area contributed by atoms with E-state index in [-0.39, 0.29) is 12.8 Å². The second-order valence-electron chi connectivity index (χ2n) is 8.07. The van der Waals surface area contributed by atoms with Crippen molar-refractivity contribution in [2.75, 3.05) is 6.61 Å². The highest BCUT2D eigenvalue weighted by molar-refractivity contribution is 5.76. The lowest BCUT2D eigenvalue weighted by Gasteiger charge is -2.44. The Morgan fingerprint density at radius 1 is 1.08 bits per heavy atom. The Bertz CT molecular complexity index is 462. The van der Waals surface area contributed by atoms with E-state index in [4.69, 9.17) is 9.84 Å². The van der Waals surface area contributed by atoms with Crippen molar-refractivity contribution in [3.05, 3.63) is 11.6 Å². The zero-order chi connectivity index (χ0) is 18.4. The van der Waals surface area contributed by atoms with Crippen LogP contribution >= 0.6 is 0 Å². The molecule has 138 valence electrons. The Balaban J connectivity index is 2.84. The van der Waals surface area contributed by atoms with E-state index in [0.717, 1.165) is 6.42 Å². The molecular formula is C20H34O4. The molecule has 0 aliphatic heterocycles. The Hall–Kier alpha value is -1.32. The van der Waals surface area contributed by atoms with Gasteiger partial charge in [-0.3, -0.25) is 9.59 Å². The maximum atomic E-state index is 11.7. The lowest BCUT2D eigenvalue weighted by Crippen LogP contribution is -2.38. The molecule has 0 aromatic rings. The van der Waals surface area contributed by atoms with E-state index in [2.05, 4.69) is 47.6 Å². The highest BCUT2D eigenvalue weighted by Gasteiger charge is 2.39. The molecule has 1 aliphatic rings. The molecule has 3 unspecified atom stereocenters. The molecule has 0 amide bonds. The summed E-state index contributed by atoms with van der Waals surface area (Å²) >= 11 is 0. The summed E-state index contributed by atoms with van der Waals surface area (Å²) in [6.07, 6.45) is 3.07. The molecule has 4 heteroatoms. The number of carbonyl (C=O) groups is 2. The Kier molecular flexibility index (Phi) is 7.98. The molecule has 4 nitrogen and oxygen atoms in total. The molecule has 0 aromatic heterocycles. The topological polar surface area (TPSA) is 63.6 Å². The molecule has 3 atom stereocenters. The summed E-state index contributed by atoms with van der Waals surface area (Å²) in [6.45, 7) is 13.9. The van der Waals surface area contributed by atoms with Crippen LogP contribution in [0.3, 0.4) is 0 Å². The van der Waals surface area contributed by atoms with Gasteiger partial charge in [0.25, 0.3) is 0 Å². The number of rotatable bonds is 8. The summed E-state index contributed by atoms with van der Waals surface area (Å²) in [5.74, 6) is 1.97. The van der Waals surface area contributed by atoms with Crippen LogP contribution in [0.25, 0.3) is 0 Å². The third-order valence-electron chi connectivity index (χ3n) is 5.28. The smallest absolute Gasteiger partial charge is 0.306 e. The predicted octanol–water partition coefficient (Wildman–Crippen LogP) is 4.54. The van der Waals surface area contributed by atoms with Gasteiger partial charge in [-0.2, -0.15) is 0 Å². The van der Waals surface area contributed by atoms with Crippen LogP contribution in [-0.4, -0.2) is 23.7 Å². The number of carboxylic acid groups (broad SMARTS) is 1. The van der Waals surface area contributed by atoms with Crippen molar-refractivity contribution in [3.8, 4) is 0 Å². The summed E-state index contributed by atoms with van der Waals surface area (Å²) in [4.78, 5) is 22.3. The van der Waals surface area contributed by atoms with Crippen LogP contribution in [0.4, 0.5) is 0 Å². The summed E-state index contributed by atoms with van der Waals surface area (Å²) in [5, 5.41) is 8.65. The van der Waals surface area contributed by atoms with E-state index in [1.165, 1.54) is 5.57 Å². The molecule has 0 heterocycles. The van der Waals surface area contributed by atoms with Crippen molar-refractivity contribution < 1.29 is 19.4 Å². The van der Waals surface area contributed by atoms with E-state index in [0.29, 0.717) is 42.1 Å². The van der Waals surface area contributed by atoms with Crippen LogP contribution in [0, 0.1) is 35.5 Å². The van der Waals surface area contributed by atoms with Crippen LogP contribution in [0.2, 0.25) is 0 Å². The third-order valence-corrected chi connectivity index (χ3v) is 5.28. The molecule has 0 radical (unpaired) electrons. The fraction of sp³-hybridized carbons (Fsp3) is 0.800. The number of esters is 1. The molecule has 0 fully saturated rings. The third kappa shape index (κ3) is 5.64. The number of hydrogen-bond acceptors (Lipinski definition) is 3. The molecule has 0 saturated heterocycles. The van der Waals surface area contributed by atoms with Gasteiger partial charge in [-0.05, 0) is 47.5 Å². The SMILES string of the molecule is CC(C)C1CC=C(COC(=O)CCC(=O)O)C(C(C)C)C1C(C)C. The number of allylic oxidation sites excluding steroid dienone is 1. The highest BCUT2D eigenvalue weighted by atomic mass is 16.5. The van der Waals surface area contributed by atoms with Gasteiger partial charge in [0, 0.05) is 0 Å². The van der Waals surface area contributed by atoms with Crippen molar-refractivity contribution in [1.29, 1.82) is 0 Å². The van der Waals surface area contributed by atoms with E-state index in [1.54, 1.807) is 0 Å². The summed E-state index contributed by atoms with van der Waals surface area (Å²) < 4.78 is 5.37. The summed E-state index contributed by atoms with van der Waals surface area (Å²) in [5.41, 5.74) is 1.21. The maximum Gasteiger partial charge on any atom is 0.306 e. The summed E-state index contributed by atoms with van der Waals surface area (Å²) in [7, 11) is 0. The second kappa shape index (κ2) is 9.24. The fourth-order valence-electron chi connectivity index (χ4n) is 4.19. The van der Waals surface area contributed by atoms with Crippen LogP contribution in [0.1, 0.15) is 60.8 Å². The normalized spacial score (nSPS) is 24.4. The van der Waals surface area contributed by atoms with Crippen LogP contribution in [0.15, 0.2) is 11.6 Å². The van der Waals surface area contributed by atoms with Crippen LogP contribution in [0.5, 0.6) is 0 Å². The first-order chi connectivity index (χ1) is 11.1. The molecule has 1 aliphatic carbocycles. The maximum absolute atomic E-state index is 11.7. The van der Waals surface area contributed by atoms with Crippen molar-refractivity contribution >= 4 is 11.9 Å². The average Bonchev–Trinajstić information content (AvgIpc) is 2.49. The zero-order valence-corrected chi connectivity index (χ0v) is 16.0. The number of carboxylic acids is 1. The first-order valence-corrected chi connectivity index (χ1v) is 9.21. The summed E-state index contributed by atoms with van der Waals surface area (Å²) in [6, 6.07) is 0. The first kappa shape index (κ1) is 20.7. The van der Waals surface area contributed by atoms with Gasteiger partial charge in [0.05, 0.1) is 12.8 Å². The average molecular weight is 338 g/mol. The van der Waals surface area contributed by atoms with E-state index >= 15 is 0 Å². The Morgan fingerprint density at radius 2 is 1.71 bits per heavy atom.